The molecule has 5 heteroatoms. The van der Waals surface area contributed by atoms with E-state index in [2.05, 4.69) is 9.80 Å². The highest BCUT2D eigenvalue weighted by Gasteiger charge is 2.24. The lowest BCUT2D eigenvalue weighted by Crippen LogP contribution is -2.41. The zero-order valence-electron chi connectivity index (χ0n) is 15.2. The van der Waals surface area contributed by atoms with Crippen molar-refractivity contribution in [3.8, 4) is 5.75 Å². The molecule has 0 aromatic heterocycles. The van der Waals surface area contributed by atoms with Crippen LogP contribution in [0.1, 0.15) is 54.4 Å². The van der Waals surface area contributed by atoms with Crippen molar-refractivity contribution in [2.24, 2.45) is 0 Å². The predicted molar refractivity (Wildman–Crippen MR) is 98.3 cm³/mol. The van der Waals surface area contributed by atoms with Crippen molar-refractivity contribution < 1.29 is 14.6 Å². The molecular formula is C20H30N2O3. The van der Waals surface area contributed by atoms with Crippen LogP contribution in [0.15, 0.2) is 18.2 Å². The van der Waals surface area contributed by atoms with E-state index in [1.54, 1.807) is 12.1 Å². The molecule has 2 aliphatic heterocycles. The molecule has 1 atom stereocenters. The SMILES string of the molecule is COc1ccc(CN2CCCC[C@@H]2CCN2CCCC2)cc1C(=O)O. The molecule has 2 aliphatic rings. The summed E-state index contributed by atoms with van der Waals surface area (Å²) >= 11 is 0. The standard InChI is InChI=1S/C20H30N2O3/c1-25-19-8-7-16(14-18(19)20(23)24)15-22-12-3-2-6-17(22)9-13-21-10-4-5-11-21/h7-8,14,17H,2-6,9-13,15H2,1H3,(H,23,24)/t17-/m1/s1. The van der Waals surface area contributed by atoms with E-state index in [1.807, 2.05) is 6.07 Å². The maximum atomic E-state index is 11.4. The highest BCUT2D eigenvalue weighted by molar-refractivity contribution is 5.91. The van der Waals surface area contributed by atoms with Crippen LogP contribution in [0, 0.1) is 0 Å². The van der Waals surface area contributed by atoms with Gasteiger partial charge < -0.3 is 14.7 Å². The molecule has 3 rings (SSSR count). The zero-order valence-corrected chi connectivity index (χ0v) is 15.2. The zero-order chi connectivity index (χ0) is 17.6. The number of aromatic carboxylic acids is 1. The first-order valence-electron chi connectivity index (χ1n) is 9.54. The lowest BCUT2D eigenvalue weighted by Gasteiger charge is -2.36. The second-order valence-corrected chi connectivity index (χ2v) is 7.30. The van der Waals surface area contributed by atoms with Gasteiger partial charge in [-0.1, -0.05) is 12.5 Å². The van der Waals surface area contributed by atoms with E-state index in [0.717, 1.165) is 18.7 Å². The molecule has 0 radical (unpaired) electrons. The fourth-order valence-electron chi connectivity index (χ4n) is 4.19. The van der Waals surface area contributed by atoms with Gasteiger partial charge in [-0.05, 0) is 76.0 Å². The summed E-state index contributed by atoms with van der Waals surface area (Å²) in [6, 6.07) is 6.16. The number of nitrogens with zero attached hydrogens (tertiary/aromatic N) is 2. The van der Waals surface area contributed by atoms with Crippen LogP contribution in [-0.2, 0) is 6.54 Å². The van der Waals surface area contributed by atoms with Crippen LogP contribution >= 0.6 is 0 Å². The van der Waals surface area contributed by atoms with Crippen molar-refractivity contribution >= 4 is 5.97 Å². The van der Waals surface area contributed by atoms with Gasteiger partial charge in [0.05, 0.1) is 7.11 Å². The molecule has 0 unspecified atom stereocenters. The lowest BCUT2D eigenvalue weighted by molar-refractivity contribution is 0.0693. The van der Waals surface area contributed by atoms with E-state index >= 15 is 0 Å². The summed E-state index contributed by atoms with van der Waals surface area (Å²) in [5, 5.41) is 9.39. The number of carboxylic acid groups (broad SMARTS) is 1. The van der Waals surface area contributed by atoms with Crippen molar-refractivity contribution in [2.75, 3.05) is 33.3 Å². The molecule has 0 saturated carbocycles. The van der Waals surface area contributed by atoms with E-state index in [4.69, 9.17) is 4.74 Å². The number of hydrogen-bond acceptors (Lipinski definition) is 4. The summed E-state index contributed by atoms with van der Waals surface area (Å²) in [4.78, 5) is 16.6. The number of rotatable bonds is 7. The highest BCUT2D eigenvalue weighted by atomic mass is 16.5. The molecule has 1 aromatic carbocycles. The van der Waals surface area contributed by atoms with E-state index in [1.165, 1.54) is 65.3 Å². The Kier molecular flexibility index (Phi) is 6.32. The fraction of sp³-hybridized carbons (Fsp3) is 0.650. The molecule has 1 aromatic rings. The second kappa shape index (κ2) is 8.68. The molecule has 138 valence electrons. The van der Waals surface area contributed by atoms with Crippen molar-refractivity contribution in [3.63, 3.8) is 0 Å². The Morgan fingerprint density at radius 3 is 2.68 bits per heavy atom. The molecule has 2 heterocycles. The molecule has 0 amide bonds. The summed E-state index contributed by atoms with van der Waals surface area (Å²) in [5.41, 5.74) is 1.32. The lowest BCUT2D eigenvalue weighted by atomic mass is 9.98. The van der Waals surface area contributed by atoms with Crippen LogP contribution in [0.5, 0.6) is 5.75 Å². The largest absolute Gasteiger partial charge is 0.496 e. The molecule has 2 saturated heterocycles. The quantitative estimate of drug-likeness (QED) is 0.821. The van der Waals surface area contributed by atoms with Gasteiger partial charge in [-0.15, -0.1) is 0 Å². The normalized spacial score (nSPS) is 22.2. The van der Waals surface area contributed by atoms with Crippen molar-refractivity contribution in [1.29, 1.82) is 0 Å². The van der Waals surface area contributed by atoms with Crippen molar-refractivity contribution in [2.45, 2.75) is 51.1 Å². The van der Waals surface area contributed by atoms with Gasteiger partial charge in [0.2, 0.25) is 0 Å². The van der Waals surface area contributed by atoms with Gasteiger partial charge in [-0.25, -0.2) is 4.79 Å². The molecule has 2 fully saturated rings. The molecule has 0 bridgehead atoms. The Morgan fingerprint density at radius 1 is 1.20 bits per heavy atom. The topological polar surface area (TPSA) is 53.0 Å². The summed E-state index contributed by atoms with van der Waals surface area (Å²) in [5.74, 6) is -0.497. The second-order valence-electron chi connectivity index (χ2n) is 7.30. The first kappa shape index (κ1) is 18.2. The third-order valence-electron chi connectivity index (χ3n) is 5.61. The smallest absolute Gasteiger partial charge is 0.339 e. The number of methoxy groups -OCH3 is 1. The van der Waals surface area contributed by atoms with Crippen molar-refractivity contribution in [1.82, 2.24) is 9.80 Å². The highest BCUT2D eigenvalue weighted by Crippen LogP contribution is 2.25. The van der Waals surface area contributed by atoms with Crippen molar-refractivity contribution in [3.05, 3.63) is 29.3 Å². The minimum absolute atomic E-state index is 0.255. The first-order chi connectivity index (χ1) is 12.2. The van der Waals surface area contributed by atoms with Crippen LogP contribution in [0.3, 0.4) is 0 Å². The van der Waals surface area contributed by atoms with Gasteiger partial charge in [0, 0.05) is 12.6 Å². The van der Waals surface area contributed by atoms with Crippen LogP contribution < -0.4 is 4.74 Å². The third-order valence-corrected chi connectivity index (χ3v) is 5.61. The Morgan fingerprint density at radius 2 is 1.96 bits per heavy atom. The van der Waals surface area contributed by atoms with Crippen LogP contribution in [0.2, 0.25) is 0 Å². The fourth-order valence-corrected chi connectivity index (χ4v) is 4.19. The molecule has 1 N–H and O–H groups in total. The molecule has 5 nitrogen and oxygen atoms in total. The summed E-state index contributed by atoms with van der Waals surface area (Å²) < 4.78 is 5.17. The minimum atomic E-state index is -0.928. The van der Waals surface area contributed by atoms with Gasteiger partial charge in [-0.2, -0.15) is 0 Å². The number of benzene rings is 1. The predicted octanol–water partition coefficient (Wildman–Crippen LogP) is 3.23. The monoisotopic (exact) mass is 346 g/mol. The molecule has 0 spiro atoms. The summed E-state index contributed by atoms with van der Waals surface area (Å²) in [6.07, 6.45) is 7.72. The molecule has 0 aliphatic carbocycles. The number of likely N-dealkylation sites (tertiary alicyclic amines) is 2. The Bertz CT molecular complexity index is 584. The maximum Gasteiger partial charge on any atom is 0.339 e. The van der Waals surface area contributed by atoms with E-state index < -0.39 is 5.97 Å². The first-order valence-corrected chi connectivity index (χ1v) is 9.54. The van der Waals surface area contributed by atoms with E-state index in [9.17, 15) is 9.90 Å². The van der Waals surface area contributed by atoms with Gasteiger partial charge >= 0.3 is 5.97 Å². The average molecular weight is 346 g/mol. The third kappa shape index (κ3) is 4.73. The van der Waals surface area contributed by atoms with E-state index in [0.29, 0.717) is 11.8 Å². The number of piperidine rings is 1. The van der Waals surface area contributed by atoms with Crippen LogP contribution in [0.4, 0.5) is 0 Å². The maximum absolute atomic E-state index is 11.4. The van der Waals surface area contributed by atoms with Gasteiger partial charge in [0.25, 0.3) is 0 Å². The minimum Gasteiger partial charge on any atom is -0.496 e. The summed E-state index contributed by atoms with van der Waals surface area (Å²) in [6.45, 7) is 5.65. The number of carboxylic acids is 1. The van der Waals surface area contributed by atoms with E-state index in [-0.39, 0.29) is 5.56 Å². The molecular weight excluding hydrogens is 316 g/mol. The molecule has 25 heavy (non-hydrogen) atoms. The number of carbonyl (C=O) groups is 1. The van der Waals surface area contributed by atoms with Gasteiger partial charge in [0.1, 0.15) is 11.3 Å². The van der Waals surface area contributed by atoms with Gasteiger partial charge in [-0.3, -0.25) is 4.90 Å². The number of hydrogen-bond donors (Lipinski definition) is 1. The Labute approximate surface area is 150 Å². The average Bonchev–Trinajstić information content (AvgIpc) is 3.14. The van der Waals surface area contributed by atoms with Crippen LogP contribution in [-0.4, -0.2) is 60.2 Å². The van der Waals surface area contributed by atoms with Gasteiger partial charge in [0.15, 0.2) is 0 Å². The Hall–Kier alpha value is -1.59. The number of ether oxygens (including phenoxy) is 1. The van der Waals surface area contributed by atoms with Crippen LogP contribution in [0.25, 0.3) is 0 Å². The summed E-state index contributed by atoms with van der Waals surface area (Å²) in [7, 11) is 1.51. The Balaban J connectivity index is 1.64.